The monoisotopic (exact) mass is 360 g/mol. The number of ether oxygens (including phenoxy) is 2. The van der Waals surface area contributed by atoms with Crippen LogP contribution in [-0.2, 0) is 6.61 Å². The smallest absolute Gasteiger partial charge is 0.343 e. The predicted molar refractivity (Wildman–Crippen MR) is 103 cm³/mol. The third kappa shape index (κ3) is 5.05. The number of carbonyl (C=O) groups is 2. The quantitative estimate of drug-likeness (QED) is 0.353. The van der Waals surface area contributed by atoms with Crippen molar-refractivity contribution in [1.29, 1.82) is 0 Å². The Hall–Kier alpha value is -3.40. The predicted octanol–water partition coefficient (Wildman–Crippen LogP) is 5.00. The Balaban J connectivity index is 1.58. The van der Waals surface area contributed by atoms with Crippen LogP contribution in [0.25, 0.3) is 0 Å². The summed E-state index contributed by atoms with van der Waals surface area (Å²) in [4.78, 5) is 23.5. The lowest BCUT2D eigenvalue weighted by Gasteiger charge is -2.08. The van der Waals surface area contributed by atoms with E-state index in [9.17, 15) is 9.59 Å². The standard InChI is InChI=1S/C23H20O4/c1-16-3-11-21(12-4-16)26-15-18-5-7-20(8-6-18)23(25)27-22-13-9-19(10-14-22)17(2)24/h3-14H,15H2,1-2H3. The Kier molecular flexibility index (Phi) is 5.67. The second-order valence-electron chi connectivity index (χ2n) is 6.27. The van der Waals surface area contributed by atoms with Gasteiger partial charge < -0.3 is 9.47 Å². The number of benzene rings is 3. The number of rotatable bonds is 6. The first kappa shape index (κ1) is 18.4. The molecule has 3 rings (SSSR count). The topological polar surface area (TPSA) is 52.6 Å². The molecule has 0 aliphatic rings. The zero-order chi connectivity index (χ0) is 19.2. The number of ketones is 1. The number of hydrogen-bond donors (Lipinski definition) is 0. The molecule has 0 aliphatic heterocycles. The van der Waals surface area contributed by atoms with Gasteiger partial charge >= 0.3 is 5.97 Å². The van der Waals surface area contributed by atoms with E-state index in [1.54, 1.807) is 36.4 Å². The van der Waals surface area contributed by atoms with Gasteiger partial charge in [-0.25, -0.2) is 4.79 Å². The van der Waals surface area contributed by atoms with Crippen molar-refractivity contribution in [2.45, 2.75) is 20.5 Å². The summed E-state index contributed by atoms with van der Waals surface area (Å²) in [6, 6.07) is 21.4. The molecular weight excluding hydrogens is 340 g/mol. The Morgan fingerprint density at radius 2 is 1.30 bits per heavy atom. The summed E-state index contributed by atoms with van der Waals surface area (Å²) >= 11 is 0. The lowest BCUT2D eigenvalue weighted by atomic mass is 10.1. The van der Waals surface area contributed by atoms with Crippen molar-refractivity contribution in [1.82, 2.24) is 0 Å². The molecule has 0 fully saturated rings. The molecule has 0 atom stereocenters. The summed E-state index contributed by atoms with van der Waals surface area (Å²) in [6.45, 7) is 3.94. The molecule has 0 N–H and O–H groups in total. The third-order valence-corrected chi connectivity index (χ3v) is 4.09. The summed E-state index contributed by atoms with van der Waals surface area (Å²) < 4.78 is 11.1. The van der Waals surface area contributed by atoms with Crippen LogP contribution in [0.3, 0.4) is 0 Å². The van der Waals surface area contributed by atoms with Crippen molar-refractivity contribution in [2.24, 2.45) is 0 Å². The Labute approximate surface area is 158 Å². The summed E-state index contributed by atoms with van der Waals surface area (Å²) in [5.41, 5.74) is 3.16. The first-order valence-corrected chi connectivity index (χ1v) is 8.63. The van der Waals surface area contributed by atoms with Crippen LogP contribution < -0.4 is 9.47 Å². The van der Waals surface area contributed by atoms with Gasteiger partial charge in [0.2, 0.25) is 0 Å². The van der Waals surface area contributed by atoms with Crippen LogP contribution in [0.2, 0.25) is 0 Å². The van der Waals surface area contributed by atoms with Gasteiger partial charge in [-0.15, -0.1) is 0 Å². The van der Waals surface area contributed by atoms with Gasteiger partial charge in [-0.05, 0) is 67.9 Å². The van der Waals surface area contributed by atoms with E-state index in [4.69, 9.17) is 9.47 Å². The molecule has 0 aromatic heterocycles. The highest BCUT2D eigenvalue weighted by molar-refractivity contribution is 5.94. The molecule has 0 aliphatic carbocycles. The first-order chi connectivity index (χ1) is 13.0. The second-order valence-corrected chi connectivity index (χ2v) is 6.27. The van der Waals surface area contributed by atoms with Crippen LogP contribution in [0.1, 0.15) is 38.8 Å². The summed E-state index contributed by atoms with van der Waals surface area (Å²) in [6.07, 6.45) is 0. The van der Waals surface area contributed by atoms with E-state index in [0.29, 0.717) is 23.5 Å². The highest BCUT2D eigenvalue weighted by atomic mass is 16.5. The van der Waals surface area contributed by atoms with E-state index in [1.807, 2.05) is 43.3 Å². The van der Waals surface area contributed by atoms with Gasteiger partial charge in [0.15, 0.2) is 5.78 Å². The number of Topliss-reactive ketones (excluding diaryl/α,β-unsaturated/α-hetero) is 1. The molecule has 0 amide bonds. The minimum atomic E-state index is -0.448. The Morgan fingerprint density at radius 3 is 1.89 bits per heavy atom. The van der Waals surface area contributed by atoms with Gasteiger partial charge in [-0.1, -0.05) is 29.8 Å². The normalized spacial score (nSPS) is 10.3. The fraction of sp³-hybridized carbons (Fsp3) is 0.130. The maximum absolute atomic E-state index is 12.2. The third-order valence-electron chi connectivity index (χ3n) is 4.09. The number of esters is 1. The van der Waals surface area contributed by atoms with E-state index in [0.717, 1.165) is 11.3 Å². The van der Waals surface area contributed by atoms with Crippen LogP contribution in [0.5, 0.6) is 11.5 Å². The minimum absolute atomic E-state index is 0.0312. The van der Waals surface area contributed by atoms with Crippen molar-refractivity contribution < 1.29 is 19.1 Å². The van der Waals surface area contributed by atoms with Gasteiger partial charge in [-0.3, -0.25) is 4.79 Å². The largest absolute Gasteiger partial charge is 0.489 e. The maximum Gasteiger partial charge on any atom is 0.343 e. The minimum Gasteiger partial charge on any atom is -0.489 e. The molecule has 3 aromatic rings. The first-order valence-electron chi connectivity index (χ1n) is 8.63. The van der Waals surface area contributed by atoms with Crippen molar-refractivity contribution >= 4 is 11.8 Å². The molecule has 0 radical (unpaired) electrons. The van der Waals surface area contributed by atoms with E-state index in [-0.39, 0.29) is 5.78 Å². The van der Waals surface area contributed by atoms with E-state index < -0.39 is 5.97 Å². The van der Waals surface area contributed by atoms with E-state index in [2.05, 4.69) is 0 Å². The fourth-order valence-electron chi connectivity index (χ4n) is 2.46. The molecule has 4 heteroatoms. The van der Waals surface area contributed by atoms with Gasteiger partial charge in [0, 0.05) is 5.56 Å². The molecule has 27 heavy (non-hydrogen) atoms. The average Bonchev–Trinajstić information content (AvgIpc) is 2.68. The molecule has 0 heterocycles. The zero-order valence-corrected chi connectivity index (χ0v) is 15.3. The highest BCUT2D eigenvalue weighted by Gasteiger charge is 2.09. The summed E-state index contributed by atoms with van der Waals surface area (Å²) in [5.74, 6) is 0.725. The molecule has 136 valence electrons. The molecule has 4 nitrogen and oxygen atoms in total. The lowest BCUT2D eigenvalue weighted by molar-refractivity contribution is 0.0734. The summed E-state index contributed by atoms with van der Waals surface area (Å²) in [7, 11) is 0. The molecule has 0 spiro atoms. The van der Waals surface area contributed by atoms with E-state index >= 15 is 0 Å². The molecule has 0 unspecified atom stereocenters. The van der Waals surface area contributed by atoms with Gasteiger partial charge in [0.05, 0.1) is 5.56 Å². The molecule has 0 bridgehead atoms. The number of aryl methyl sites for hydroxylation is 1. The van der Waals surface area contributed by atoms with Crippen molar-refractivity contribution in [2.75, 3.05) is 0 Å². The SMILES string of the molecule is CC(=O)c1ccc(OC(=O)c2ccc(COc3ccc(C)cc3)cc2)cc1. The average molecular weight is 360 g/mol. The number of hydrogen-bond acceptors (Lipinski definition) is 4. The highest BCUT2D eigenvalue weighted by Crippen LogP contribution is 2.17. The summed E-state index contributed by atoms with van der Waals surface area (Å²) in [5, 5.41) is 0. The fourth-order valence-corrected chi connectivity index (χ4v) is 2.46. The van der Waals surface area contributed by atoms with Crippen LogP contribution >= 0.6 is 0 Å². The molecule has 0 saturated carbocycles. The molecule has 0 saturated heterocycles. The van der Waals surface area contributed by atoms with Gasteiger partial charge in [0.1, 0.15) is 18.1 Å². The van der Waals surface area contributed by atoms with Crippen LogP contribution in [0, 0.1) is 6.92 Å². The second kappa shape index (κ2) is 8.32. The van der Waals surface area contributed by atoms with Gasteiger partial charge in [-0.2, -0.15) is 0 Å². The Bertz CT molecular complexity index is 924. The van der Waals surface area contributed by atoms with Gasteiger partial charge in [0.25, 0.3) is 0 Å². The Morgan fingerprint density at radius 1 is 0.741 bits per heavy atom. The van der Waals surface area contributed by atoms with Crippen molar-refractivity contribution in [3.05, 3.63) is 95.1 Å². The molecule has 3 aromatic carbocycles. The lowest BCUT2D eigenvalue weighted by Crippen LogP contribution is -2.08. The van der Waals surface area contributed by atoms with Crippen LogP contribution in [0.4, 0.5) is 0 Å². The van der Waals surface area contributed by atoms with Crippen LogP contribution in [-0.4, -0.2) is 11.8 Å². The number of carbonyl (C=O) groups excluding carboxylic acids is 2. The maximum atomic E-state index is 12.2. The zero-order valence-electron chi connectivity index (χ0n) is 15.3. The van der Waals surface area contributed by atoms with Crippen molar-refractivity contribution in [3.8, 4) is 11.5 Å². The molecular formula is C23H20O4. The van der Waals surface area contributed by atoms with E-state index in [1.165, 1.54) is 12.5 Å². The van der Waals surface area contributed by atoms with Crippen molar-refractivity contribution in [3.63, 3.8) is 0 Å². The van der Waals surface area contributed by atoms with Crippen LogP contribution in [0.15, 0.2) is 72.8 Å².